The number of ether oxygens (including phenoxy) is 1. The molecule has 1 saturated heterocycles. The fourth-order valence-corrected chi connectivity index (χ4v) is 5.34. The normalized spacial score (nSPS) is 16.6. The van der Waals surface area contributed by atoms with Crippen molar-refractivity contribution in [2.45, 2.75) is 31.8 Å². The second-order valence-electron chi connectivity index (χ2n) is 9.58. The SMILES string of the molecule is Cc1nc(C([C@@H](C)c2ccccc2)N2C(=O)N[C@H](c3ccc(OCCO)cc3)C2=O)[nH]c1-c1ccc(Br)cc1F. The van der Waals surface area contributed by atoms with Crippen LogP contribution in [-0.4, -0.2) is 45.1 Å². The van der Waals surface area contributed by atoms with Crippen molar-refractivity contribution in [2.75, 3.05) is 13.2 Å². The zero-order valence-electron chi connectivity index (χ0n) is 21.9. The van der Waals surface area contributed by atoms with Gasteiger partial charge < -0.3 is 20.1 Å². The van der Waals surface area contributed by atoms with E-state index in [0.29, 0.717) is 38.6 Å². The second-order valence-corrected chi connectivity index (χ2v) is 10.5. The average Bonchev–Trinajstić information content (AvgIpc) is 3.47. The van der Waals surface area contributed by atoms with Crippen LogP contribution in [0.25, 0.3) is 11.3 Å². The summed E-state index contributed by atoms with van der Waals surface area (Å²) in [7, 11) is 0. The molecule has 1 unspecified atom stereocenters. The summed E-state index contributed by atoms with van der Waals surface area (Å²) in [5, 5.41) is 11.8. The molecule has 3 atom stereocenters. The van der Waals surface area contributed by atoms with Crippen LogP contribution in [0.2, 0.25) is 0 Å². The van der Waals surface area contributed by atoms with E-state index in [0.717, 1.165) is 5.56 Å². The average molecular weight is 607 g/mol. The largest absolute Gasteiger partial charge is 0.491 e. The summed E-state index contributed by atoms with van der Waals surface area (Å²) in [5.41, 5.74) is 2.86. The fourth-order valence-electron chi connectivity index (χ4n) is 5.00. The maximum atomic E-state index is 14.9. The number of amides is 3. The molecule has 206 valence electrons. The first kappa shape index (κ1) is 27.5. The third kappa shape index (κ3) is 5.37. The molecule has 4 aromatic rings. The van der Waals surface area contributed by atoms with Crippen molar-refractivity contribution < 1.29 is 23.8 Å². The number of imide groups is 1. The highest BCUT2D eigenvalue weighted by Gasteiger charge is 2.46. The van der Waals surface area contributed by atoms with Crippen molar-refractivity contribution in [1.29, 1.82) is 0 Å². The van der Waals surface area contributed by atoms with Crippen LogP contribution in [0, 0.1) is 12.7 Å². The molecule has 0 bridgehead atoms. The van der Waals surface area contributed by atoms with Crippen LogP contribution in [0.1, 0.15) is 47.6 Å². The Labute approximate surface area is 239 Å². The Hall–Kier alpha value is -4.02. The highest BCUT2D eigenvalue weighted by molar-refractivity contribution is 9.10. The topological polar surface area (TPSA) is 108 Å². The number of aliphatic hydroxyl groups is 1. The van der Waals surface area contributed by atoms with E-state index in [4.69, 9.17) is 14.8 Å². The Morgan fingerprint density at radius 2 is 1.82 bits per heavy atom. The van der Waals surface area contributed by atoms with Gasteiger partial charge in [-0.3, -0.25) is 9.69 Å². The van der Waals surface area contributed by atoms with Crippen LogP contribution in [0.3, 0.4) is 0 Å². The minimum Gasteiger partial charge on any atom is -0.491 e. The molecule has 0 radical (unpaired) electrons. The lowest BCUT2D eigenvalue weighted by molar-refractivity contribution is -0.129. The van der Waals surface area contributed by atoms with Gasteiger partial charge in [-0.15, -0.1) is 0 Å². The first-order valence-corrected chi connectivity index (χ1v) is 13.6. The Morgan fingerprint density at radius 3 is 2.50 bits per heavy atom. The monoisotopic (exact) mass is 606 g/mol. The van der Waals surface area contributed by atoms with Crippen molar-refractivity contribution >= 4 is 27.9 Å². The molecule has 0 aliphatic carbocycles. The van der Waals surface area contributed by atoms with Gasteiger partial charge in [-0.1, -0.05) is 65.3 Å². The minimum absolute atomic E-state index is 0.114. The molecule has 8 nitrogen and oxygen atoms in total. The van der Waals surface area contributed by atoms with Gasteiger partial charge in [0.05, 0.1) is 18.0 Å². The Bertz CT molecular complexity index is 1530. The first-order valence-electron chi connectivity index (χ1n) is 12.8. The van der Waals surface area contributed by atoms with Crippen molar-refractivity contribution in [3.63, 3.8) is 0 Å². The van der Waals surface area contributed by atoms with Gasteiger partial charge in [0, 0.05) is 16.0 Å². The summed E-state index contributed by atoms with van der Waals surface area (Å²) in [5.74, 6) is -0.269. The van der Waals surface area contributed by atoms with Crippen LogP contribution < -0.4 is 10.1 Å². The van der Waals surface area contributed by atoms with Gasteiger partial charge in [-0.25, -0.2) is 14.2 Å². The Kier molecular flexibility index (Phi) is 7.99. The number of aromatic amines is 1. The second kappa shape index (κ2) is 11.6. The smallest absolute Gasteiger partial charge is 0.325 e. The molecular formula is C30H28BrFN4O4. The molecule has 1 aromatic heterocycles. The number of aliphatic hydroxyl groups excluding tert-OH is 1. The number of carbonyl (C=O) groups excluding carboxylic acids is 2. The van der Waals surface area contributed by atoms with E-state index < -0.39 is 29.8 Å². The molecule has 1 fully saturated rings. The number of halogens is 2. The lowest BCUT2D eigenvalue weighted by atomic mass is 9.91. The number of nitrogens with zero attached hydrogens (tertiary/aromatic N) is 2. The Morgan fingerprint density at radius 1 is 1.10 bits per heavy atom. The van der Waals surface area contributed by atoms with Crippen LogP contribution in [0.5, 0.6) is 5.75 Å². The highest BCUT2D eigenvalue weighted by Crippen LogP contribution is 2.40. The summed E-state index contributed by atoms with van der Waals surface area (Å²) < 4.78 is 20.9. The Balaban J connectivity index is 1.53. The van der Waals surface area contributed by atoms with Crippen molar-refractivity contribution in [3.8, 4) is 17.0 Å². The molecule has 0 saturated carbocycles. The standard InChI is InChI=1S/C30H28BrFN4O4/c1-17(19-6-4-3-5-7-19)27(28-33-18(2)25(34-28)23-13-10-21(31)16-24(23)32)36-29(38)26(35-30(36)39)20-8-11-22(12-9-20)40-15-14-37/h3-13,16-17,26-27,37H,14-15H2,1-2H3,(H,33,34)(H,35,39)/t17-,26+,27?/m0/s1. The molecule has 0 spiro atoms. The van der Waals surface area contributed by atoms with E-state index in [-0.39, 0.29) is 19.1 Å². The maximum Gasteiger partial charge on any atom is 0.325 e. The van der Waals surface area contributed by atoms with Crippen LogP contribution in [-0.2, 0) is 4.79 Å². The first-order chi connectivity index (χ1) is 19.3. The molecule has 40 heavy (non-hydrogen) atoms. The predicted molar refractivity (Wildman–Crippen MR) is 151 cm³/mol. The predicted octanol–water partition coefficient (Wildman–Crippen LogP) is 5.80. The number of carbonyl (C=O) groups is 2. The molecule has 5 rings (SSSR count). The molecule has 3 aromatic carbocycles. The number of imidazole rings is 1. The summed E-state index contributed by atoms with van der Waals surface area (Å²) in [6, 6.07) is 18.9. The summed E-state index contributed by atoms with van der Waals surface area (Å²) in [6.45, 7) is 3.73. The fraction of sp³-hybridized carbons (Fsp3) is 0.233. The van der Waals surface area contributed by atoms with Gasteiger partial charge in [-0.05, 0) is 48.4 Å². The van der Waals surface area contributed by atoms with Crippen LogP contribution in [0.15, 0.2) is 77.3 Å². The van der Waals surface area contributed by atoms with E-state index in [1.54, 1.807) is 43.3 Å². The van der Waals surface area contributed by atoms with Gasteiger partial charge in [-0.2, -0.15) is 0 Å². The number of benzene rings is 3. The van der Waals surface area contributed by atoms with E-state index in [1.165, 1.54) is 11.0 Å². The van der Waals surface area contributed by atoms with Crippen molar-refractivity contribution in [2.24, 2.45) is 0 Å². The van der Waals surface area contributed by atoms with Crippen LogP contribution >= 0.6 is 15.9 Å². The maximum absolute atomic E-state index is 14.9. The van der Waals surface area contributed by atoms with E-state index in [9.17, 15) is 14.0 Å². The molecule has 10 heteroatoms. The number of aryl methyl sites for hydroxylation is 1. The number of rotatable bonds is 9. The summed E-state index contributed by atoms with van der Waals surface area (Å²) >= 11 is 3.29. The minimum atomic E-state index is -0.899. The van der Waals surface area contributed by atoms with Crippen molar-refractivity contribution in [3.05, 3.63) is 106 Å². The number of H-pyrrole nitrogens is 1. The lowest BCUT2D eigenvalue weighted by Crippen LogP contribution is -2.38. The van der Waals surface area contributed by atoms with E-state index in [2.05, 4.69) is 26.2 Å². The van der Waals surface area contributed by atoms with Crippen LogP contribution in [0.4, 0.5) is 9.18 Å². The zero-order valence-corrected chi connectivity index (χ0v) is 23.5. The number of hydrogen-bond donors (Lipinski definition) is 3. The number of aromatic nitrogens is 2. The third-order valence-electron chi connectivity index (χ3n) is 7.01. The summed E-state index contributed by atoms with van der Waals surface area (Å²) in [6.07, 6.45) is 0. The molecule has 1 aliphatic heterocycles. The third-order valence-corrected chi connectivity index (χ3v) is 7.50. The van der Waals surface area contributed by atoms with E-state index in [1.807, 2.05) is 37.3 Å². The highest BCUT2D eigenvalue weighted by atomic mass is 79.9. The number of urea groups is 1. The molecule has 1 aliphatic rings. The zero-order chi connectivity index (χ0) is 28.4. The number of nitrogens with one attached hydrogen (secondary N) is 2. The van der Waals surface area contributed by atoms with Gasteiger partial charge in [0.15, 0.2) is 0 Å². The van der Waals surface area contributed by atoms with Crippen molar-refractivity contribution in [1.82, 2.24) is 20.2 Å². The van der Waals surface area contributed by atoms with Gasteiger partial charge >= 0.3 is 6.03 Å². The lowest BCUT2D eigenvalue weighted by Gasteiger charge is -2.29. The molecular weight excluding hydrogens is 579 g/mol. The van der Waals surface area contributed by atoms with Gasteiger partial charge in [0.25, 0.3) is 5.91 Å². The van der Waals surface area contributed by atoms with Gasteiger partial charge in [0.2, 0.25) is 0 Å². The molecule has 2 heterocycles. The van der Waals surface area contributed by atoms with E-state index >= 15 is 0 Å². The quantitative estimate of drug-likeness (QED) is 0.209. The van der Waals surface area contributed by atoms with Gasteiger partial charge in [0.1, 0.15) is 36.1 Å². The molecule has 3 N–H and O–H groups in total. The number of hydrogen-bond acceptors (Lipinski definition) is 5. The molecule has 3 amide bonds. The summed E-state index contributed by atoms with van der Waals surface area (Å²) in [4.78, 5) is 36.4.